The van der Waals surface area contributed by atoms with Crippen LogP contribution < -0.4 is 10.2 Å². The van der Waals surface area contributed by atoms with Gasteiger partial charge >= 0.3 is 6.03 Å². The van der Waals surface area contributed by atoms with Crippen LogP contribution in [0.5, 0.6) is 0 Å². The second-order valence-electron chi connectivity index (χ2n) is 7.15. The number of carbonyl (C=O) groups excluding carboxylic acids is 1. The molecule has 0 radical (unpaired) electrons. The molecule has 2 aromatic heterocycles. The highest BCUT2D eigenvalue weighted by Crippen LogP contribution is 2.37. The van der Waals surface area contributed by atoms with Crippen LogP contribution in [0.25, 0.3) is 5.65 Å². The van der Waals surface area contributed by atoms with Crippen molar-refractivity contribution in [2.45, 2.75) is 31.4 Å². The van der Waals surface area contributed by atoms with E-state index in [0.29, 0.717) is 0 Å². The molecule has 2 atom stereocenters. The van der Waals surface area contributed by atoms with Gasteiger partial charge in [0, 0.05) is 36.8 Å². The Morgan fingerprint density at radius 2 is 2.16 bits per heavy atom. The number of urea groups is 1. The van der Waals surface area contributed by atoms with Gasteiger partial charge in [-0.2, -0.15) is 5.10 Å². The van der Waals surface area contributed by atoms with E-state index in [1.165, 1.54) is 27.9 Å². The number of benzene rings is 1. The standard InChI is InChI=1S/C21H22F2N6O2/c22-13-3-4-16(23)15(10-13)18-2-1-7-28(18)19-6-9-29-20(26-19)17(11-24-29)25-21(31)27-8-5-14(30)12-27/h3-4,6,9-11,14,18,30H,1-2,5,7-8,12H2,(H,25,31)/t14-,18+/m0/s1/i1D2,8D2,12D2. The first-order valence-electron chi connectivity index (χ1n) is 12.5. The van der Waals surface area contributed by atoms with Crippen LogP contribution in [0.4, 0.5) is 25.1 Å². The Morgan fingerprint density at radius 1 is 1.29 bits per heavy atom. The third-order valence-corrected chi connectivity index (χ3v) is 5.13. The Kier molecular flexibility index (Phi) is 3.49. The van der Waals surface area contributed by atoms with Gasteiger partial charge < -0.3 is 20.2 Å². The average molecular weight is 434 g/mol. The van der Waals surface area contributed by atoms with Crippen molar-refractivity contribution < 1.29 is 26.9 Å². The number of aromatic nitrogens is 3. The second kappa shape index (κ2) is 7.77. The summed E-state index contributed by atoms with van der Waals surface area (Å²) in [6.07, 6.45) is -1.51. The van der Waals surface area contributed by atoms with E-state index in [1.807, 2.05) is 0 Å². The maximum Gasteiger partial charge on any atom is 0.322 e. The molecule has 0 saturated carbocycles. The molecule has 4 heterocycles. The van der Waals surface area contributed by atoms with Gasteiger partial charge in [-0.1, -0.05) is 0 Å². The van der Waals surface area contributed by atoms with Crippen LogP contribution in [0, 0.1) is 11.6 Å². The van der Waals surface area contributed by atoms with Gasteiger partial charge in [-0.15, -0.1) is 0 Å². The van der Waals surface area contributed by atoms with Crippen molar-refractivity contribution in [1.82, 2.24) is 19.5 Å². The molecule has 5 rings (SSSR count). The van der Waals surface area contributed by atoms with E-state index in [1.54, 1.807) is 0 Å². The predicted molar refractivity (Wildman–Crippen MR) is 110 cm³/mol. The van der Waals surface area contributed by atoms with Gasteiger partial charge in [0.15, 0.2) is 5.65 Å². The highest BCUT2D eigenvalue weighted by atomic mass is 19.1. The van der Waals surface area contributed by atoms with E-state index in [2.05, 4.69) is 15.4 Å². The summed E-state index contributed by atoms with van der Waals surface area (Å²) >= 11 is 0. The fourth-order valence-corrected chi connectivity index (χ4v) is 3.66. The average Bonchev–Trinajstić information content (AvgIpc) is 3.38. The third kappa shape index (κ3) is 3.67. The zero-order valence-electron chi connectivity index (χ0n) is 22.1. The maximum absolute atomic E-state index is 14.6. The van der Waals surface area contributed by atoms with Gasteiger partial charge in [0.1, 0.15) is 23.1 Å². The van der Waals surface area contributed by atoms with Crippen LogP contribution in [0.3, 0.4) is 0 Å². The summed E-state index contributed by atoms with van der Waals surface area (Å²) in [5.41, 5.74) is 0.0373. The fourth-order valence-electron chi connectivity index (χ4n) is 3.66. The van der Waals surface area contributed by atoms with Crippen LogP contribution in [-0.2, 0) is 0 Å². The molecule has 0 bridgehead atoms. The summed E-state index contributed by atoms with van der Waals surface area (Å²) in [6, 6.07) is 2.44. The highest BCUT2D eigenvalue weighted by Gasteiger charge is 2.30. The first-order valence-corrected chi connectivity index (χ1v) is 9.55. The Balaban J connectivity index is 1.49. The first kappa shape index (κ1) is 13.9. The van der Waals surface area contributed by atoms with E-state index in [0.717, 1.165) is 18.2 Å². The molecule has 2 aliphatic heterocycles. The quantitative estimate of drug-likeness (QED) is 0.662. The molecule has 3 aromatic rings. The molecule has 2 fully saturated rings. The molecule has 1 aromatic carbocycles. The number of aliphatic hydroxyl groups excluding tert-OH is 1. The van der Waals surface area contributed by atoms with Crippen LogP contribution in [0.1, 0.15) is 39.0 Å². The number of amides is 2. The molecule has 2 saturated heterocycles. The number of hydrogen-bond acceptors (Lipinski definition) is 5. The minimum Gasteiger partial charge on any atom is -0.391 e. The lowest BCUT2D eigenvalue weighted by Gasteiger charge is -2.26. The SMILES string of the molecule is [2H]C1([2H])C[C@H](c2cc(F)ccc2F)N(c2ccn3ncc(NC(=O)N4C([2H])([2H])C[C@H](O)C4([2H])[2H])c3n2)C1. The molecule has 162 valence electrons. The number of nitrogens with one attached hydrogen (secondary N) is 1. The molecular weight excluding hydrogens is 406 g/mol. The fraction of sp³-hybridized carbons (Fsp3) is 0.381. The summed E-state index contributed by atoms with van der Waals surface area (Å²) < 4.78 is 78.1. The Morgan fingerprint density at radius 3 is 2.97 bits per heavy atom. The Labute approximate surface area is 185 Å². The topological polar surface area (TPSA) is 86.0 Å². The van der Waals surface area contributed by atoms with E-state index >= 15 is 0 Å². The van der Waals surface area contributed by atoms with Gasteiger partial charge in [-0.05, 0) is 43.5 Å². The number of halogens is 2. The largest absolute Gasteiger partial charge is 0.391 e. The van der Waals surface area contributed by atoms with Crippen molar-refractivity contribution in [1.29, 1.82) is 0 Å². The van der Waals surface area contributed by atoms with Gasteiger partial charge in [-0.25, -0.2) is 23.1 Å². The lowest BCUT2D eigenvalue weighted by atomic mass is 10.0. The van der Waals surface area contributed by atoms with Crippen LogP contribution in [0.15, 0.2) is 36.7 Å². The zero-order valence-corrected chi connectivity index (χ0v) is 16.1. The second-order valence-corrected chi connectivity index (χ2v) is 7.15. The van der Waals surface area contributed by atoms with Crippen LogP contribution >= 0.6 is 0 Å². The van der Waals surface area contributed by atoms with E-state index in [4.69, 9.17) is 8.22 Å². The molecule has 0 unspecified atom stereocenters. The maximum atomic E-state index is 14.6. The Bertz CT molecular complexity index is 1390. The number of carbonyl (C=O) groups is 1. The number of fused-ring (bicyclic) bond motifs is 1. The van der Waals surface area contributed by atoms with Gasteiger partial charge in [-0.3, -0.25) is 0 Å². The lowest BCUT2D eigenvalue weighted by molar-refractivity contribution is 0.176. The van der Waals surface area contributed by atoms with Crippen LogP contribution in [0.2, 0.25) is 0 Å². The lowest BCUT2D eigenvalue weighted by Crippen LogP contribution is -2.33. The molecule has 2 N–H and O–H groups in total. The van der Waals surface area contributed by atoms with Crippen molar-refractivity contribution in [2.24, 2.45) is 0 Å². The van der Waals surface area contributed by atoms with Gasteiger partial charge in [0.2, 0.25) is 0 Å². The summed E-state index contributed by atoms with van der Waals surface area (Å²) in [4.78, 5) is 19.1. The smallest absolute Gasteiger partial charge is 0.322 e. The van der Waals surface area contributed by atoms with Gasteiger partial charge in [0.05, 0.1) is 21.1 Å². The molecule has 31 heavy (non-hydrogen) atoms. The number of likely N-dealkylation sites (tertiary alicyclic amines) is 1. The molecule has 0 aliphatic carbocycles. The van der Waals surface area contributed by atoms with Crippen molar-refractivity contribution in [3.63, 3.8) is 0 Å². The minimum atomic E-state index is -2.67. The minimum absolute atomic E-state index is 0.00414. The van der Waals surface area contributed by atoms with Gasteiger partial charge in [0.25, 0.3) is 0 Å². The summed E-state index contributed by atoms with van der Waals surface area (Å²) in [6.45, 7) is -5.30. The van der Waals surface area contributed by atoms with Crippen molar-refractivity contribution in [3.8, 4) is 0 Å². The van der Waals surface area contributed by atoms with Crippen LogP contribution in [-0.4, -0.2) is 56.3 Å². The normalized spacial score (nSPS) is 29.0. The first-order chi connectivity index (χ1) is 17.2. The molecule has 2 amide bonds. The molecule has 2 aliphatic rings. The number of β-amino-alcohol motifs (C(OH)–C–C–N with tert-alkyl or cyclic N) is 1. The van der Waals surface area contributed by atoms with Crippen molar-refractivity contribution >= 4 is 23.2 Å². The highest BCUT2D eigenvalue weighted by molar-refractivity contribution is 5.93. The number of aliphatic hydroxyl groups is 1. The number of nitrogens with zero attached hydrogens (tertiary/aromatic N) is 5. The number of anilines is 2. The molecule has 8 nitrogen and oxygen atoms in total. The van der Waals surface area contributed by atoms with Crippen molar-refractivity contribution in [3.05, 3.63) is 53.9 Å². The number of hydrogen-bond donors (Lipinski definition) is 2. The number of rotatable bonds is 3. The van der Waals surface area contributed by atoms with E-state index in [-0.39, 0.29) is 40.6 Å². The summed E-state index contributed by atoms with van der Waals surface area (Å²) in [7, 11) is 0. The zero-order chi connectivity index (χ0) is 26.9. The summed E-state index contributed by atoms with van der Waals surface area (Å²) in [5.74, 6) is -1.16. The van der Waals surface area contributed by atoms with E-state index < -0.39 is 55.6 Å². The Hall–Kier alpha value is -3.27. The predicted octanol–water partition coefficient (Wildman–Crippen LogP) is 2.95. The molecule has 10 heteroatoms. The molecular formula is C21H22F2N6O2. The third-order valence-electron chi connectivity index (χ3n) is 5.13. The van der Waals surface area contributed by atoms with E-state index in [9.17, 15) is 18.7 Å². The summed E-state index contributed by atoms with van der Waals surface area (Å²) in [5, 5.41) is 16.4. The molecule has 0 spiro atoms. The monoisotopic (exact) mass is 434 g/mol. The van der Waals surface area contributed by atoms with Crippen molar-refractivity contribution in [2.75, 3.05) is 29.8 Å².